The number of nitrogens with two attached hydrogens (primary N) is 1. The first-order valence-electron chi connectivity index (χ1n) is 8.46. The molecule has 2 N–H and O–H groups in total. The van der Waals surface area contributed by atoms with E-state index in [0.717, 1.165) is 12.5 Å². The molecule has 0 amide bonds. The van der Waals surface area contributed by atoms with Crippen LogP contribution < -0.4 is 5.73 Å². The van der Waals surface area contributed by atoms with Crippen molar-refractivity contribution in [3.8, 4) is 0 Å². The Morgan fingerprint density at radius 1 is 1.15 bits per heavy atom. The van der Waals surface area contributed by atoms with Crippen LogP contribution in [-0.4, -0.2) is 53.0 Å². The Morgan fingerprint density at radius 2 is 1.90 bits per heavy atom. The second kappa shape index (κ2) is 5.55. The van der Waals surface area contributed by atoms with E-state index in [2.05, 4.69) is 28.6 Å². The molecule has 4 nitrogen and oxygen atoms in total. The summed E-state index contributed by atoms with van der Waals surface area (Å²) in [6, 6.07) is 1.32. The van der Waals surface area contributed by atoms with Crippen LogP contribution in [0.4, 0.5) is 0 Å². The van der Waals surface area contributed by atoms with Gasteiger partial charge < -0.3 is 15.5 Å². The molecule has 0 aromatic heterocycles. The van der Waals surface area contributed by atoms with Crippen LogP contribution in [0.2, 0.25) is 0 Å². The topological polar surface area (TPSA) is 44.9 Å². The van der Waals surface area contributed by atoms with Gasteiger partial charge in [0.05, 0.1) is 12.1 Å². The lowest BCUT2D eigenvalue weighted by Gasteiger charge is -2.43. The van der Waals surface area contributed by atoms with E-state index < -0.39 is 0 Å². The van der Waals surface area contributed by atoms with Gasteiger partial charge in [-0.2, -0.15) is 0 Å². The predicted molar refractivity (Wildman–Crippen MR) is 83.9 cm³/mol. The molecule has 3 aliphatic rings. The summed E-state index contributed by atoms with van der Waals surface area (Å²) in [4.78, 5) is 9.82. The number of likely N-dealkylation sites (tertiary alicyclic amines) is 1. The Hall–Kier alpha value is -0.770. The van der Waals surface area contributed by atoms with E-state index in [1.165, 1.54) is 58.0 Å². The van der Waals surface area contributed by atoms with E-state index in [1.807, 2.05) is 0 Å². The van der Waals surface area contributed by atoms with Gasteiger partial charge in [-0.3, -0.25) is 4.99 Å². The third-order valence-electron chi connectivity index (χ3n) is 5.67. The van der Waals surface area contributed by atoms with Crippen LogP contribution in [0.15, 0.2) is 4.99 Å². The maximum absolute atomic E-state index is 6.27. The maximum atomic E-state index is 6.27. The van der Waals surface area contributed by atoms with Crippen molar-refractivity contribution in [3.63, 3.8) is 0 Å². The highest BCUT2D eigenvalue weighted by atomic mass is 15.4. The number of hydrogen-bond donors (Lipinski definition) is 1. The minimum Gasteiger partial charge on any atom is -0.370 e. The molecule has 1 atom stereocenters. The number of aliphatic imine (C=N–C) groups is 1. The molecule has 0 aromatic rings. The maximum Gasteiger partial charge on any atom is 0.192 e. The molecular formula is C16H30N4. The molecule has 4 heteroatoms. The molecule has 3 rings (SSSR count). The molecule has 2 fully saturated rings. The quantitative estimate of drug-likeness (QED) is 0.842. The average Bonchev–Trinajstić information content (AvgIpc) is 2.95. The monoisotopic (exact) mass is 278 g/mol. The van der Waals surface area contributed by atoms with Crippen LogP contribution in [-0.2, 0) is 0 Å². The number of guanidine groups is 1. The van der Waals surface area contributed by atoms with Crippen molar-refractivity contribution in [2.45, 2.75) is 76.4 Å². The summed E-state index contributed by atoms with van der Waals surface area (Å²) in [6.45, 7) is 7.99. The molecular weight excluding hydrogens is 248 g/mol. The van der Waals surface area contributed by atoms with Crippen LogP contribution in [0.25, 0.3) is 0 Å². The average molecular weight is 278 g/mol. The molecule has 114 valence electrons. The van der Waals surface area contributed by atoms with Crippen molar-refractivity contribution in [1.29, 1.82) is 0 Å². The summed E-state index contributed by atoms with van der Waals surface area (Å²) in [6.07, 6.45) is 9.12. The third kappa shape index (κ3) is 2.43. The fourth-order valence-corrected chi connectivity index (χ4v) is 4.48. The van der Waals surface area contributed by atoms with Crippen LogP contribution in [0.1, 0.15) is 58.8 Å². The van der Waals surface area contributed by atoms with Gasteiger partial charge in [0.2, 0.25) is 0 Å². The van der Waals surface area contributed by atoms with E-state index in [4.69, 9.17) is 5.73 Å². The molecule has 1 saturated heterocycles. The molecule has 1 aliphatic carbocycles. The highest BCUT2D eigenvalue weighted by Gasteiger charge is 2.46. The molecule has 1 spiro atoms. The Labute approximate surface area is 123 Å². The lowest BCUT2D eigenvalue weighted by Crippen LogP contribution is -2.56. The smallest absolute Gasteiger partial charge is 0.192 e. The molecule has 2 heterocycles. The van der Waals surface area contributed by atoms with Crippen LogP contribution in [0, 0.1) is 0 Å². The minimum atomic E-state index is 0.239. The standard InChI is InChI=1S/C16H30N4/c1-13(2)19-10-5-8-16(9-11-19)12-18-15(17)20(16)14-6-3-4-7-14/h13-14H,3-12H2,1-2H3,(H2,17,18). The van der Waals surface area contributed by atoms with Crippen molar-refractivity contribution in [1.82, 2.24) is 9.80 Å². The van der Waals surface area contributed by atoms with Crippen LogP contribution >= 0.6 is 0 Å². The van der Waals surface area contributed by atoms with Gasteiger partial charge in [-0.15, -0.1) is 0 Å². The Kier molecular flexibility index (Phi) is 3.93. The predicted octanol–water partition coefficient (Wildman–Crippen LogP) is 2.19. The number of rotatable bonds is 2. The number of hydrogen-bond acceptors (Lipinski definition) is 4. The summed E-state index contributed by atoms with van der Waals surface area (Å²) in [7, 11) is 0. The first kappa shape index (κ1) is 14.2. The molecule has 1 unspecified atom stereocenters. The third-order valence-corrected chi connectivity index (χ3v) is 5.67. The molecule has 20 heavy (non-hydrogen) atoms. The van der Waals surface area contributed by atoms with Gasteiger partial charge in [0.15, 0.2) is 5.96 Å². The lowest BCUT2D eigenvalue weighted by atomic mass is 9.88. The minimum absolute atomic E-state index is 0.239. The Balaban J connectivity index is 1.76. The van der Waals surface area contributed by atoms with Gasteiger partial charge in [0, 0.05) is 18.6 Å². The molecule has 2 aliphatic heterocycles. The van der Waals surface area contributed by atoms with E-state index in [1.54, 1.807) is 0 Å². The summed E-state index contributed by atoms with van der Waals surface area (Å²) >= 11 is 0. The second-order valence-corrected chi connectivity index (χ2v) is 7.19. The van der Waals surface area contributed by atoms with E-state index >= 15 is 0 Å². The van der Waals surface area contributed by atoms with Gasteiger partial charge in [-0.25, -0.2) is 0 Å². The van der Waals surface area contributed by atoms with Crippen molar-refractivity contribution in [3.05, 3.63) is 0 Å². The summed E-state index contributed by atoms with van der Waals surface area (Å²) in [5, 5.41) is 0. The van der Waals surface area contributed by atoms with E-state index in [9.17, 15) is 0 Å². The van der Waals surface area contributed by atoms with Crippen molar-refractivity contribution in [2.24, 2.45) is 10.7 Å². The first-order valence-corrected chi connectivity index (χ1v) is 8.46. The van der Waals surface area contributed by atoms with Gasteiger partial charge in [0.25, 0.3) is 0 Å². The fourth-order valence-electron chi connectivity index (χ4n) is 4.48. The Morgan fingerprint density at radius 3 is 2.60 bits per heavy atom. The van der Waals surface area contributed by atoms with Crippen LogP contribution in [0.5, 0.6) is 0 Å². The molecule has 0 aromatic carbocycles. The zero-order chi connectivity index (χ0) is 14.2. The highest BCUT2D eigenvalue weighted by molar-refractivity contribution is 5.81. The normalized spacial score (nSPS) is 33.1. The second-order valence-electron chi connectivity index (χ2n) is 7.19. The largest absolute Gasteiger partial charge is 0.370 e. The van der Waals surface area contributed by atoms with Crippen molar-refractivity contribution < 1.29 is 0 Å². The van der Waals surface area contributed by atoms with Crippen molar-refractivity contribution >= 4 is 5.96 Å². The SMILES string of the molecule is CC(C)N1CCCC2(CC1)CN=C(N)N2C1CCCC1. The van der Waals surface area contributed by atoms with Crippen molar-refractivity contribution in [2.75, 3.05) is 19.6 Å². The molecule has 0 bridgehead atoms. The zero-order valence-corrected chi connectivity index (χ0v) is 13.1. The van der Waals surface area contributed by atoms with Gasteiger partial charge >= 0.3 is 0 Å². The van der Waals surface area contributed by atoms with E-state index in [-0.39, 0.29) is 5.54 Å². The first-order chi connectivity index (χ1) is 9.62. The highest BCUT2D eigenvalue weighted by Crippen LogP contribution is 2.38. The van der Waals surface area contributed by atoms with Crippen LogP contribution in [0.3, 0.4) is 0 Å². The molecule has 0 radical (unpaired) electrons. The summed E-state index contributed by atoms with van der Waals surface area (Å²) in [5.74, 6) is 0.829. The van der Waals surface area contributed by atoms with Gasteiger partial charge in [0.1, 0.15) is 0 Å². The Bertz CT molecular complexity index is 373. The van der Waals surface area contributed by atoms with Gasteiger partial charge in [-0.05, 0) is 52.5 Å². The summed E-state index contributed by atoms with van der Waals surface area (Å²) in [5.41, 5.74) is 6.51. The lowest BCUT2D eigenvalue weighted by molar-refractivity contribution is 0.126. The van der Waals surface area contributed by atoms with Gasteiger partial charge in [-0.1, -0.05) is 12.8 Å². The molecule has 1 saturated carbocycles. The fraction of sp³-hybridized carbons (Fsp3) is 0.938. The number of nitrogens with zero attached hydrogens (tertiary/aromatic N) is 3. The summed E-state index contributed by atoms with van der Waals surface area (Å²) < 4.78 is 0. The zero-order valence-electron chi connectivity index (χ0n) is 13.1. The van der Waals surface area contributed by atoms with E-state index in [0.29, 0.717) is 12.1 Å².